The molecule has 1 aliphatic heterocycles. The SMILES string of the molecule is C=C[C@@H]1C[C@]1(NC(=O)[C@@H]1C[C@@H](Oc2cc(-c3ccccc3)nc3cc(OC)ccc23)CN1C(=O)N(NC(=O)OC(C)(C)C)C1CCCCC1)C(=O)O. The maximum absolute atomic E-state index is 14.6. The first-order valence-corrected chi connectivity index (χ1v) is 17.8. The van der Waals surface area contributed by atoms with Crippen LogP contribution in [0.25, 0.3) is 22.2 Å². The van der Waals surface area contributed by atoms with Gasteiger partial charge in [0.2, 0.25) is 5.91 Å². The number of hydrogen-bond donors (Lipinski definition) is 3. The largest absolute Gasteiger partial charge is 0.497 e. The lowest BCUT2D eigenvalue weighted by molar-refractivity contribution is -0.144. The van der Waals surface area contributed by atoms with Gasteiger partial charge in [-0.05, 0) is 52.2 Å². The Morgan fingerprint density at radius 1 is 1.06 bits per heavy atom. The lowest BCUT2D eigenvalue weighted by atomic mass is 9.95. The zero-order chi connectivity index (χ0) is 37.2. The van der Waals surface area contributed by atoms with Crippen LogP contribution in [0, 0.1) is 5.92 Å². The summed E-state index contributed by atoms with van der Waals surface area (Å²) in [6.07, 6.45) is 4.37. The molecule has 4 atom stereocenters. The van der Waals surface area contributed by atoms with Crippen molar-refractivity contribution in [2.75, 3.05) is 13.7 Å². The molecule has 4 amide bonds. The summed E-state index contributed by atoms with van der Waals surface area (Å²) >= 11 is 0. The number of likely N-dealkylation sites (tertiary alicyclic amines) is 1. The van der Waals surface area contributed by atoms with Gasteiger partial charge >= 0.3 is 18.1 Å². The van der Waals surface area contributed by atoms with Gasteiger partial charge in [0.1, 0.15) is 34.8 Å². The predicted molar refractivity (Wildman–Crippen MR) is 194 cm³/mol. The van der Waals surface area contributed by atoms with Crippen LogP contribution in [0.1, 0.15) is 65.7 Å². The van der Waals surface area contributed by atoms with Gasteiger partial charge in [0.15, 0.2) is 0 Å². The quantitative estimate of drug-likeness (QED) is 0.177. The molecule has 1 saturated heterocycles. The van der Waals surface area contributed by atoms with Gasteiger partial charge in [0, 0.05) is 35.4 Å². The normalized spacial score (nSPS) is 23.0. The summed E-state index contributed by atoms with van der Waals surface area (Å²) in [6.45, 7) is 8.92. The fraction of sp³-hybridized carbons (Fsp3) is 0.462. The summed E-state index contributed by atoms with van der Waals surface area (Å²) in [4.78, 5) is 60.4. The average molecular weight is 714 g/mol. The summed E-state index contributed by atoms with van der Waals surface area (Å²) in [5.41, 5.74) is 2.53. The molecule has 276 valence electrons. The van der Waals surface area contributed by atoms with Crippen LogP contribution >= 0.6 is 0 Å². The van der Waals surface area contributed by atoms with E-state index in [0.29, 0.717) is 40.9 Å². The van der Waals surface area contributed by atoms with Crippen LogP contribution in [0.15, 0.2) is 67.3 Å². The van der Waals surface area contributed by atoms with E-state index in [4.69, 9.17) is 19.2 Å². The van der Waals surface area contributed by atoms with Gasteiger partial charge in [-0.3, -0.25) is 4.79 Å². The van der Waals surface area contributed by atoms with Crippen LogP contribution in [0.5, 0.6) is 11.5 Å². The summed E-state index contributed by atoms with van der Waals surface area (Å²) in [5, 5.41) is 14.8. The Kier molecular flexibility index (Phi) is 10.3. The van der Waals surface area contributed by atoms with Crippen molar-refractivity contribution in [2.45, 2.75) is 95.0 Å². The molecule has 13 nitrogen and oxygen atoms in total. The lowest BCUT2D eigenvalue weighted by Crippen LogP contribution is -2.60. The van der Waals surface area contributed by atoms with E-state index in [2.05, 4.69) is 17.3 Å². The number of carbonyl (C=O) groups excluding carboxylic acids is 3. The molecule has 3 fully saturated rings. The highest BCUT2D eigenvalue weighted by atomic mass is 16.6. The van der Waals surface area contributed by atoms with E-state index in [9.17, 15) is 24.3 Å². The van der Waals surface area contributed by atoms with Crippen LogP contribution in [0.4, 0.5) is 9.59 Å². The molecule has 0 spiro atoms. The van der Waals surface area contributed by atoms with Gasteiger partial charge in [0.25, 0.3) is 0 Å². The Hall–Kier alpha value is -5.33. The molecular formula is C39H47N5O8. The molecule has 3 aromatic rings. The van der Waals surface area contributed by atoms with Crippen LogP contribution in [-0.2, 0) is 14.3 Å². The summed E-state index contributed by atoms with van der Waals surface area (Å²) < 4.78 is 17.7. The molecule has 6 rings (SSSR count). The molecule has 13 heteroatoms. The van der Waals surface area contributed by atoms with E-state index in [1.54, 1.807) is 33.9 Å². The van der Waals surface area contributed by atoms with Crippen LogP contribution in [0.2, 0.25) is 0 Å². The Morgan fingerprint density at radius 2 is 1.79 bits per heavy atom. The van der Waals surface area contributed by atoms with Crippen molar-refractivity contribution < 1.29 is 38.5 Å². The van der Waals surface area contributed by atoms with Crippen molar-refractivity contribution in [1.82, 2.24) is 25.6 Å². The smallest absolute Gasteiger partial charge is 0.426 e. The molecule has 2 aromatic carbocycles. The Bertz CT molecular complexity index is 1840. The number of pyridine rings is 1. The van der Waals surface area contributed by atoms with E-state index < -0.39 is 53.2 Å². The molecule has 0 bridgehead atoms. The number of amides is 4. The second-order valence-electron chi connectivity index (χ2n) is 14.8. The number of rotatable bonds is 9. The van der Waals surface area contributed by atoms with Crippen LogP contribution in [0.3, 0.4) is 0 Å². The topological polar surface area (TPSA) is 160 Å². The predicted octanol–water partition coefficient (Wildman–Crippen LogP) is 6.07. The first-order chi connectivity index (χ1) is 24.8. The molecule has 52 heavy (non-hydrogen) atoms. The highest BCUT2D eigenvalue weighted by Crippen LogP contribution is 2.45. The lowest BCUT2D eigenvalue weighted by Gasteiger charge is -2.38. The second-order valence-corrected chi connectivity index (χ2v) is 14.8. The number of benzene rings is 2. The number of methoxy groups -OCH3 is 1. The Labute approximate surface area is 303 Å². The fourth-order valence-electron chi connectivity index (χ4n) is 7.17. The van der Waals surface area contributed by atoms with Crippen molar-refractivity contribution in [3.8, 4) is 22.8 Å². The van der Waals surface area contributed by atoms with E-state index in [0.717, 1.165) is 24.8 Å². The summed E-state index contributed by atoms with van der Waals surface area (Å²) in [7, 11) is 1.58. The molecular weight excluding hydrogens is 666 g/mol. The number of aliphatic carboxylic acids is 1. The third-order valence-electron chi connectivity index (χ3n) is 9.94. The van der Waals surface area contributed by atoms with Gasteiger partial charge in [-0.1, -0.05) is 55.7 Å². The standard InChI is InChI=1S/C39H47N5O8/c1-6-25-22-39(25,35(46)47)41-34(45)32-20-28(23-43(32)37(49)44(26-15-11-8-12-16-26)42-36(48)52-38(2,3)4)51-33-21-30(24-13-9-7-10-14-24)40-31-19-27(50-5)17-18-29(31)33/h6-7,9-10,13-14,17-19,21,25-26,28,32H,1,8,11-12,15-16,20,22-23H2,2-5H3,(H,41,45)(H,42,48)(H,46,47)/t25-,28-,32+,39-/m1/s1. The number of fused-ring (bicyclic) bond motifs is 1. The van der Waals surface area contributed by atoms with Crippen molar-refractivity contribution in [3.63, 3.8) is 0 Å². The van der Waals surface area contributed by atoms with Crippen LogP contribution < -0.4 is 20.2 Å². The minimum absolute atomic E-state index is 0.0122. The minimum atomic E-state index is -1.50. The third kappa shape index (κ3) is 7.78. The number of hydrazine groups is 1. The zero-order valence-corrected chi connectivity index (χ0v) is 30.1. The number of carboxylic acid groups (broad SMARTS) is 1. The van der Waals surface area contributed by atoms with Crippen LogP contribution in [-0.4, -0.2) is 87.0 Å². The molecule has 2 saturated carbocycles. The number of hydrogen-bond acceptors (Lipinski definition) is 8. The number of carboxylic acids is 1. The maximum Gasteiger partial charge on any atom is 0.426 e. The Balaban J connectivity index is 1.35. The minimum Gasteiger partial charge on any atom is -0.497 e. The number of aromatic nitrogens is 1. The highest BCUT2D eigenvalue weighted by Gasteiger charge is 2.61. The molecule has 2 aliphatic carbocycles. The van der Waals surface area contributed by atoms with Gasteiger partial charge in [0.05, 0.1) is 30.9 Å². The van der Waals surface area contributed by atoms with E-state index >= 15 is 0 Å². The van der Waals surface area contributed by atoms with Gasteiger partial charge < -0.3 is 29.5 Å². The van der Waals surface area contributed by atoms with Crippen molar-refractivity contribution in [1.29, 1.82) is 0 Å². The average Bonchev–Trinajstić information content (AvgIpc) is 3.69. The molecule has 1 aromatic heterocycles. The first kappa shape index (κ1) is 36.5. The van der Waals surface area contributed by atoms with Crippen molar-refractivity contribution >= 4 is 34.9 Å². The number of urea groups is 1. The fourth-order valence-corrected chi connectivity index (χ4v) is 7.17. The number of nitrogens with one attached hydrogen (secondary N) is 2. The van der Waals surface area contributed by atoms with E-state index in [1.807, 2.05) is 48.5 Å². The van der Waals surface area contributed by atoms with Crippen molar-refractivity contribution in [3.05, 3.63) is 67.3 Å². The first-order valence-electron chi connectivity index (χ1n) is 17.8. The molecule has 2 heterocycles. The second kappa shape index (κ2) is 14.7. The number of ether oxygens (including phenoxy) is 3. The summed E-state index contributed by atoms with van der Waals surface area (Å²) in [5.74, 6) is -1.12. The van der Waals surface area contributed by atoms with Crippen molar-refractivity contribution in [2.24, 2.45) is 5.92 Å². The molecule has 3 N–H and O–H groups in total. The van der Waals surface area contributed by atoms with Gasteiger partial charge in [-0.25, -0.2) is 29.8 Å². The molecule has 0 unspecified atom stereocenters. The van der Waals surface area contributed by atoms with Gasteiger partial charge in [-0.2, -0.15) is 0 Å². The Morgan fingerprint density at radius 3 is 2.42 bits per heavy atom. The highest BCUT2D eigenvalue weighted by molar-refractivity contribution is 5.95. The maximum atomic E-state index is 14.6. The monoisotopic (exact) mass is 713 g/mol. The zero-order valence-electron chi connectivity index (χ0n) is 30.1. The number of nitrogens with zero attached hydrogens (tertiary/aromatic N) is 3. The van der Waals surface area contributed by atoms with Gasteiger partial charge in [-0.15, -0.1) is 6.58 Å². The molecule has 0 radical (unpaired) electrons. The summed E-state index contributed by atoms with van der Waals surface area (Å²) in [6, 6.07) is 14.9. The number of carbonyl (C=O) groups is 4. The van der Waals surface area contributed by atoms with E-state index in [-0.39, 0.29) is 25.4 Å². The third-order valence-corrected chi connectivity index (χ3v) is 9.94. The molecule has 3 aliphatic rings. The van der Waals surface area contributed by atoms with E-state index in [1.165, 1.54) is 16.0 Å².